The zero-order chi connectivity index (χ0) is 15.6. The number of carbonyl (C=O) groups excluding carboxylic acids is 1. The Morgan fingerprint density at radius 3 is 2.45 bits per heavy atom. The first-order valence-corrected chi connectivity index (χ1v) is 8.28. The van der Waals surface area contributed by atoms with E-state index in [1.165, 1.54) is 19.2 Å². The van der Waals surface area contributed by atoms with Crippen molar-refractivity contribution in [3.63, 3.8) is 0 Å². The van der Waals surface area contributed by atoms with Crippen molar-refractivity contribution in [1.82, 2.24) is 9.62 Å². The molecule has 0 fully saturated rings. The molecule has 0 aromatic heterocycles. The molecule has 0 aliphatic rings. The second-order valence-corrected chi connectivity index (χ2v) is 8.48. The minimum absolute atomic E-state index is 0.151. The number of halogens is 1. The van der Waals surface area contributed by atoms with E-state index in [0.29, 0.717) is 4.47 Å². The van der Waals surface area contributed by atoms with Crippen LogP contribution >= 0.6 is 15.9 Å². The summed E-state index contributed by atoms with van der Waals surface area (Å²) in [6, 6.07) is 6.39. The van der Waals surface area contributed by atoms with Gasteiger partial charge in [0.25, 0.3) is 0 Å². The molecule has 1 N–H and O–H groups in total. The van der Waals surface area contributed by atoms with E-state index in [4.69, 9.17) is 0 Å². The first-order chi connectivity index (χ1) is 9.02. The van der Waals surface area contributed by atoms with E-state index in [0.717, 1.165) is 4.31 Å². The van der Waals surface area contributed by atoms with Gasteiger partial charge in [0.1, 0.15) is 0 Å². The molecular weight excluding hydrogens is 344 g/mol. The van der Waals surface area contributed by atoms with E-state index in [-0.39, 0.29) is 17.3 Å². The minimum atomic E-state index is -3.67. The Hall–Kier alpha value is -0.920. The molecule has 20 heavy (non-hydrogen) atoms. The number of carbonyl (C=O) groups is 1. The normalized spacial score (nSPS) is 12.5. The number of nitrogens with one attached hydrogen (secondary N) is 1. The molecule has 0 atom stereocenters. The quantitative estimate of drug-likeness (QED) is 0.890. The van der Waals surface area contributed by atoms with Gasteiger partial charge in [-0.15, -0.1) is 0 Å². The lowest BCUT2D eigenvalue weighted by molar-refractivity contribution is -0.122. The number of sulfonamides is 1. The van der Waals surface area contributed by atoms with Gasteiger partial charge in [0.05, 0.1) is 11.4 Å². The Balaban J connectivity index is 2.86. The average Bonchev–Trinajstić information content (AvgIpc) is 2.26. The summed E-state index contributed by atoms with van der Waals surface area (Å²) < 4.78 is 26.3. The van der Waals surface area contributed by atoms with Crippen molar-refractivity contribution in [2.75, 3.05) is 13.6 Å². The van der Waals surface area contributed by atoms with Gasteiger partial charge in [-0.2, -0.15) is 4.31 Å². The number of nitrogens with zero attached hydrogens (tertiary/aromatic N) is 1. The van der Waals surface area contributed by atoms with Crippen LogP contribution in [0.4, 0.5) is 0 Å². The first kappa shape index (κ1) is 17.1. The summed E-state index contributed by atoms with van der Waals surface area (Å²) in [7, 11) is -2.28. The fourth-order valence-corrected chi connectivity index (χ4v) is 3.28. The lowest BCUT2D eigenvalue weighted by Gasteiger charge is -2.23. The summed E-state index contributed by atoms with van der Waals surface area (Å²) >= 11 is 3.23. The Morgan fingerprint density at radius 2 is 1.95 bits per heavy atom. The molecule has 5 nitrogen and oxygen atoms in total. The molecule has 0 aliphatic carbocycles. The van der Waals surface area contributed by atoms with Gasteiger partial charge in [-0.05, 0) is 39.0 Å². The van der Waals surface area contributed by atoms with Gasteiger partial charge in [-0.25, -0.2) is 8.42 Å². The van der Waals surface area contributed by atoms with Crippen molar-refractivity contribution in [2.24, 2.45) is 0 Å². The molecule has 0 saturated carbocycles. The van der Waals surface area contributed by atoms with Crippen LogP contribution in [-0.2, 0) is 14.8 Å². The summed E-state index contributed by atoms with van der Waals surface area (Å²) in [5.74, 6) is -0.335. The summed E-state index contributed by atoms with van der Waals surface area (Å²) in [4.78, 5) is 11.9. The zero-order valence-corrected chi connectivity index (χ0v) is 14.4. The maximum absolute atomic E-state index is 12.3. The van der Waals surface area contributed by atoms with Crippen molar-refractivity contribution >= 4 is 31.9 Å². The van der Waals surface area contributed by atoms with Gasteiger partial charge in [-0.1, -0.05) is 22.0 Å². The Kier molecular flexibility index (Phi) is 5.34. The standard InChI is InChI=1S/C13H19BrN2O3S/c1-13(2,3)15-12(17)9-16(4)20(18,19)11-7-5-6-10(14)8-11/h5-8H,9H2,1-4H3,(H,15,17). The van der Waals surface area contributed by atoms with E-state index in [1.807, 2.05) is 20.8 Å². The number of amides is 1. The maximum atomic E-state index is 12.3. The SMILES string of the molecule is CN(CC(=O)NC(C)(C)C)S(=O)(=O)c1cccc(Br)c1. The van der Waals surface area contributed by atoms with Crippen molar-refractivity contribution in [1.29, 1.82) is 0 Å². The number of hydrogen-bond acceptors (Lipinski definition) is 3. The zero-order valence-electron chi connectivity index (χ0n) is 12.0. The molecule has 0 bridgehead atoms. The van der Waals surface area contributed by atoms with E-state index in [1.54, 1.807) is 12.1 Å². The summed E-state index contributed by atoms with van der Waals surface area (Å²) in [6.45, 7) is 5.31. The molecule has 0 radical (unpaired) electrons. The Labute approximate surface area is 128 Å². The molecule has 112 valence electrons. The van der Waals surface area contributed by atoms with Crippen molar-refractivity contribution in [3.8, 4) is 0 Å². The number of rotatable bonds is 4. The Bertz CT molecular complexity index is 594. The van der Waals surface area contributed by atoms with E-state index < -0.39 is 15.6 Å². The molecule has 0 saturated heterocycles. The monoisotopic (exact) mass is 362 g/mol. The van der Waals surface area contributed by atoms with Crippen LogP contribution in [0, 0.1) is 0 Å². The molecule has 1 amide bonds. The van der Waals surface area contributed by atoms with E-state index >= 15 is 0 Å². The number of likely N-dealkylation sites (N-methyl/N-ethyl adjacent to an activating group) is 1. The molecule has 1 rings (SSSR count). The van der Waals surface area contributed by atoms with Gasteiger partial charge in [0.15, 0.2) is 0 Å². The smallest absolute Gasteiger partial charge is 0.243 e. The summed E-state index contributed by atoms with van der Waals surface area (Å²) in [6.07, 6.45) is 0. The summed E-state index contributed by atoms with van der Waals surface area (Å²) in [5, 5.41) is 2.73. The molecule has 0 aliphatic heterocycles. The lowest BCUT2D eigenvalue weighted by Crippen LogP contribution is -2.46. The van der Waals surface area contributed by atoms with Gasteiger partial charge in [-0.3, -0.25) is 4.79 Å². The molecular formula is C13H19BrN2O3S. The van der Waals surface area contributed by atoms with Crippen LogP contribution in [0.15, 0.2) is 33.6 Å². The highest BCUT2D eigenvalue weighted by Crippen LogP contribution is 2.18. The first-order valence-electron chi connectivity index (χ1n) is 6.05. The Morgan fingerprint density at radius 1 is 1.35 bits per heavy atom. The van der Waals surface area contributed by atoms with Crippen LogP contribution in [0.25, 0.3) is 0 Å². The predicted octanol–water partition coefficient (Wildman–Crippen LogP) is 1.98. The third kappa shape index (κ3) is 4.88. The van der Waals surface area contributed by atoms with Crippen molar-refractivity contribution < 1.29 is 13.2 Å². The maximum Gasteiger partial charge on any atom is 0.243 e. The third-order valence-electron chi connectivity index (χ3n) is 2.38. The van der Waals surface area contributed by atoms with Crippen LogP contribution in [0.5, 0.6) is 0 Å². The van der Waals surface area contributed by atoms with Crippen molar-refractivity contribution in [3.05, 3.63) is 28.7 Å². The van der Waals surface area contributed by atoms with E-state index in [9.17, 15) is 13.2 Å². The van der Waals surface area contributed by atoms with Crippen LogP contribution in [0.3, 0.4) is 0 Å². The molecule has 0 heterocycles. The van der Waals surface area contributed by atoms with Crippen LogP contribution in [0.2, 0.25) is 0 Å². The molecule has 1 aromatic rings. The lowest BCUT2D eigenvalue weighted by atomic mass is 10.1. The molecule has 7 heteroatoms. The van der Waals surface area contributed by atoms with Crippen LogP contribution < -0.4 is 5.32 Å². The highest BCUT2D eigenvalue weighted by molar-refractivity contribution is 9.10. The van der Waals surface area contributed by atoms with Gasteiger partial charge in [0, 0.05) is 17.1 Å². The predicted molar refractivity (Wildman–Crippen MR) is 81.9 cm³/mol. The molecule has 0 unspecified atom stereocenters. The molecule has 0 spiro atoms. The average molecular weight is 363 g/mol. The second kappa shape index (κ2) is 6.24. The minimum Gasteiger partial charge on any atom is -0.350 e. The second-order valence-electron chi connectivity index (χ2n) is 5.52. The summed E-state index contributed by atoms with van der Waals surface area (Å²) in [5.41, 5.74) is -0.391. The van der Waals surface area contributed by atoms with Crippen LogP contribution in [-0.4, -0.2) is 37.8 Å². The fourth-order valence-electron chi connectivity index (χ4n) is 1.55. The molecule has 1 aromatic carbocycles. The fraction of sp³-hybridized carbons (Fsp3) is 0.462. The number of hydrogen-bond donors (Lipinski definition) is 1. The van der Waals surface area contributed by atoms with Gasteiger partial charge >= 0.3 is 0 Å². The third-order valence-corrected chi connectivity index (χ3v) is 4.68. The topological polar surface area (TPSA) is 66.5 Å². The largest absolute Gasteiger partial charge is 0.350 e. The van der Waals surface area contributed by atoms with Gasteiger partial charge in [0.2, 0.25) is 15.9 Å². The number of benzene rings is 1. The van der Waals surface area contributed by atoms with Gasteiger partial charge < -0.3 is 5.32 Å². The van der Waals surface area contributed by atoms with E-state index in [2.05, 4.69) is 21.2 Å². The van der Waals surface area contributed by atoms with Crippen molar-refractivity contribution in [2.45, 2.75) is 31.2 Å². The highest BCUT2D eigenvalue weighted by atomic mass is 79.9. The van der Waals surface area contributed by atoms with Crippen LogP contribution in [0.1, 0.15) is 20.8 Å². The highest BCUT2D eigenvalue weighted by Gasteiger charge is 2.24.